The summed E-state index contributed by atoms with van der Waals surface area (Å²) in [5, 5.41) is 0. The Kier molecular flexibility index (Phi) is 8.10. The van der Waals surface area contributed by atoms with Gasteiger partial charge in [0.25, 0.3) is 0 Å². The van der Waals surface area contributed by atoms with Crippen molar-refractivity contribution in [2.24, 2.45) is 9.98 Å². The number of carbonyl (C=O) groups excluding carboxylic acids is 1. The van der Waals surface area contributed by atoms with Crippen LogP contribution in [-0.4, -0.2) is 38.7 Å². The number of esters is 1. The topological polar surface area (TPSA) is 60.2 Å². The highest BCUT2D eigenvalue weighted by Gasteiger charge is 2.19. The van der Waals surface area contributed by atoms with Gasteiger partial charge in [0.05, 0.1) is 20.3 Å². The van der Waals surface area contributed by atoms with Gasteiger partial charge < -0.3 is 9.47 Å². The van der Waals surface area contributed by atoms with Gasteiger partial charge in [0, 0.05) is 23.9 Å². The maximum atomic E-state index is 12.1. The molecule has 0 heterocycles. The molecule has 0 spiro atoms. The predicted molar refractivity (Wildman–Crippen MR) is 124 cm³/mol. The Morgan fingerprint density at radius 3 is 2.43 bits per heavy atom. The third-order valence-corrected chi connectivity index (χ3v) is 4.96. The van der Waals surface area contributed by atoms with E-state index in [1.165, 1.54) is 18.2 Å². The third kappa shape index (κ3) is 5.23. The van der Waals surface area contributed by atoms with E-state index in [1.807, 2.05) is 44.2 Å². The number of methoxy groups -OCH3 is 2. The summed E-state index contributed by atoms with van der Waals surface area (Å²) in [7, 11) is 4.55. The predicted octanol–water partition coefficient (Wildman–Crippen LogP) is 5.22. The molecule has 0 amide bonds. The summed E-state index contributed by atoms with van der Waals surface area (Å²) in [5.41, 5.74) is 5.96. The fourth-order valence-corrected chi connectivity index (χ4v) is 3.38. The van der Waals surface area contributed by atoms with Crippen molar-refractivity contribution in [1.29, 1.82) is 0 Å². The average Bonchev–Trinajstić information content (AvgIpc) is 2.76. The highest BCUT2D eigenvalue weighted by atomic mass is 16.5. The van der Waals surface area contributed by atoms with Crippen LogP contribution < -0.4 is 4.74 Å². The summed E-state index contributed by atoms with van der Waals surface area (Å²) >= 11 is 0. The number of rotatable bonds is 7. The third-order valence-electron chi connectivity index (χ3n) is 4.96. The molecule has 0 aliphatic carbocycles. The van der Waals surface area contributed by atoms with Crippen molar-refractivity contribution in [1.82, 2.24) is 0 Å². The molecule has 30 heavy (non-hydrogen) atoms. The second-order valence-electron chi connectivity index (χ2n) is 6.99. The highest BCUT2D eigenvalue weighted by molar-refractivity contribution is 6.54. The molecule has 5 nitrogen and oxygen atoms in total. The molecule has 0 fully saturated rings. The lowest BCUT2D eigenvalue weighted by Gasteiger charge is -2.15. The molecule has 0 radical (unpaired) electrons. The van der Waals surface area contributed by atoms with Crippen molar-refractivity contribution >= 4 is 23.0 Å². The number of benzene rings is 2. The van der Waals surface area contributed by atoms with E-state index >= 15 is 0 Å². The number of allylic oxidation sites excluding steroid dienone is 1. The number of hydrogen-bond acceptors (Lipinski definition) is 5. The number of carbonyl (C=O) groups is 1. The van der Waals surface area contributed by atoms with Gasteiger partial charge in [-0.1, -0.05) is 42.0 Å². The summed E-state index contributed by atoms with van der Waals surface area (Å²) in [6.45, 7) is 8.00. The van der Waals surface area contributed by atoms with Crippen molar-refractivity contribution in [3.63, 3.8) is 0 Å². The molecule has 0 N–H and O–H groups in total. The minimum atomic E-state index is -0.474. The van der Waals surface area contributed by atoms with E-state index < -0.39 is 5.97 Å². The molecule has 2 aromatic rings. The van der Waals surface area contributed by atoms with Crippen LogP contribution in [0.2, 0.25) is 0 Å². The molecule has 0 aliphatic heterocycles. The first kappa shape index (κ1) is 23.1. The zero-order valence-corrected chi connectivity index (χ0v) is 18.8. The van der Waals surface area contributed by atoms with E-state index in [4.69, 9.17) is 14.5 Å². The first-order valence-corrected chi connectivity index (χ1v) is 9.87. The number of hydrogen-bond donors (Lipinski definition) is 0. The van der Waals surface area contributed by atoms with Gasteiger partial charge in [0.15, 0.2) is 0 Å². The summed E-state index contributed by atoms with van der Waals surface area (Å²) in [5.74, 6) is 0.211. The summed E-state index contributed by atoms with van der Waals surface area (Å²) in [6, 6.07) is 14.2. The lowest BCUT2D eigenvalue weighted by atomic mass is 9.97. The molecular formula is C25H30N2O3. The van der Waals surface area contributed by atoms with Crippen molar-refractivity contribution < 1.29 is 14.3 Å². The molecule has 0 aromatic heterocycles. The second kappa shape index (κ2) is 10.5. The van der Waals surface area contributed by atoms with Crippen LogP contribution in [0.4, 0.5) is 0 Å². The fraction of sp³-hybridized carbons (Fsp3) is 0.320. The number of nitrogens with zero attached hydrogens (tertiary/aromatic N) is 2. The van der Waals surface area contributed by atoms with Crippen LogP contribution in [0.1, 0.15) is 49.1 Å². The maximum Gasteiger partial charge on any atom is 0.356 e. The first-order valence-electron chi connectivity index (χ1n) is 9.87. The van der Waals surface area contributed by atoms with E-state index in [2.05, 4.69) is 37.0 Å². The van der Waals surface area contributed by atoms with E-state index in [0.717, 1.165) is 16.8 Å². The Hall–Kier alpha value is -3.21. The molecule has 0 aliphatic rings. The van der Waals surface area contributed by atoms with Crippen LogP contribution in [-0.2, 0) is 9.53 Å². The molecule has 5 heteroatoms. The number of ether oxygens (including phenoxy) is 2. The van der Waals surface area contributed by atoms with Crippen LogP contribution in [0.25, 0.3) is 5.57 Å². The Morgan fingerprint density at radius 2 is 1.87 bits per heavy atom. The normalized spacial score (nSPS) is 13.8. The van der Waals surface area contributed by atoms with Crippen LogP contribution in [0, 0.1) is 6.92 Å². The van der Waals surface area contributed by atoms with E-state index in [9.17, 15) is 4.79 Å². The molecular weight excluding hydrogens is 376 g/mol. The zero-order valence-electron chi connectivity index (χ0n) is 18.8. The Balaban J connectivity index is 2.43. The van der Waals surface area contributed by atoms with E-state index in [1.54, 1.807) is 14.2 Å². The second-order valence-corrected chi connectivity index (χ2v) is 6.99. The molecule has 1 unspecified atom stereocenters. The Morgan fingerprint density at radius 1 is 1.13 bits per heavy atom. The lowest BCUT2D eigenvalue weighted by molar-refractivity contribution is -0.132. The minimum absolute atomic E-state index is 0.0264. The van der Waals surface area contributed by atoms with Gasteiger partial charge in [-0.25, -0.2) is 4.79 Å². The minimum Gasteiger partial charge on any atom is -0.496 e. The largest absolute Gasteiger partial charge is 0.496 e. The van der Waals surface area contributed by atoms with Crippen molar-refractivity contribution in [3.05, 3.63) is 70.8 Å². The fourth-order valence-electron chi connectivity index (χ4n) is 3.38. The summed E-state index contributed by atoms with van der Waals surface area (Å²) in [4.78, 5) is 21.1. The SMILES string of the molecule is C/C=C(\C(=NC)C(=O)OC)c1ccc(C(C)=NC(C)c2cccc(C)c2)c(OC)c1. The van der Waals surface area contributed by atoms with Gasteiger partial charge in [0.2, 0.25) is 0 Å². The van der Waals surface area contributed by atoms with Crippen molar-refractivity contribution in [2.75, 3.05) is 21.3 Å². The van der Waals surface area contributed by atoms with Gasteiger partial charge in [-0.05, 0) is 51.0 Å². The van der Waals surface area contributed by atoms with Gasteiger partial charge in [-0.2, -0.15) is 0 Å². The molecule has 1 atom stereocenters. The van der Waals surface area contributed by atoms with Crippen molar-refractivity contribution in [2.45, 2.75) is 33.7 Å². The molecule has 2 rings (SSSR count). The molecule has 0 bridgehead atoms. The van der Waals surface area contributed by atoms with Crippen LogP contribution in [0.5, 0.6) is 5.75 Å². The van der Waals surface area contributed by atoms with E-state index in [-0.39, 0.29) is 11.8 Å². The monoisotopic (exact) mass is 406 g/mol. The lowest BCUT2D eigenvalue weighted by Crippen LogP contribution is -2.17. The molecule has 0 saturated carbocycles. The number of aryl methyl sites for hydroxylation is 1. The molecule has 158 valence electrons. The van der Waals surface area contributed by atoms with Gasteiger partial charge in [0.1, 0.15) is 11.5 Å². The molecule has 2 aromatic carbocycles. The molecule has 0 saturated heterocycles. The maximum absolute atomic E-state index is 12.1. The van der Waals surface area contributed by atoms with Crippen LogP contribution in [0.15, 0.2) is 58.5 Å². The van der Waals surface area contributed by atoms with Crippen LogP contribution in [0.3, 0.4) is 0 Å². The summed E-state index contributed by atoms with van der Waals surface area (Å²) in [6.07, 6.45) is 1.84. The smallest absolute Gasteiger partial charge is 0.356 e. The average molecular weight is 407 g/mol. The van der Waals surface area contributed by atoms with Gasteiger partial charge >= 0.3 is 5.97 Å². The summed E-state index contributed by atoms with van der Waals surface area (Å²) < 4.78 is 10.5. The number of aliphatic imine (C=N–C) groups is 2. The standard InChI is InChI=1S/C25H30N2O3/c1-8-21(24(26-5)25(28)30-7)20-12-13-22(23(15-20)29-6)18(4)27-17(3)19-11-9-10-16(2)14-19/h8-15,17H,1-7H3/b21-8-,26-24?,27-18?. The Bertz CT molecular complexity index is 1000. The zero-order chi connectivity index (χ0) is 22.3. The quantitative estimate of drug-likeness (QED) is 0.468. The first-order chi connectivity index (χ1) is 14.4. The highest BCUT2D eigenvalue weighted by Crippen LogP contribution is 2.28. The van der Waals surface area contributed by atoms with Crippen molar-refractivity contribution in [3.8, 4) is 5.75 Å². The van der Waals surface area contributed by atoms with Gasteiger partial charge in [-0.3, -0.25) is 9.98 Å². The Labute approximate surface area is 179 Å². The van der Waals surface area contributed by atoms with Crippen LogP contribution >= 0.6 is 0 Å². The van der Waals surface area contributed by atoms with Gasteiger partial charge in [-0.15, -0.1) is 0 Å². The van der Waals surface area contributed by atoms with E-state index in [0.29, 0.717) is 11.3 Å².